The van der Waals surface area contributed by atoms with Gasteiger partial charge in [0, 0.05) is 24.4 Å². The van der Waals surface area contributed by atoms with Crippen molar-refractivity contribution in [3.05, 3.63) is 17.7 Å². The topological polar surface area (TPSA) is 37.0 Å². The van der Waals surface area contributed by atoms with Crippen molar-refractivity contribution in [2.24, 2.45) is 0 Å². The van der Waals surface area contributed by atoms with Gasteiger partial charge in [0.2, 0.25) is 0 Å². The summed E-state index contributed by atoms with van der Waals surface area (Å²) in [5, 5.41) is 6.34. The highest BCUT2D eigenvalue weighted by molar-refractivity contribution is 7.99. The molecule has 2 unspecified atom stereocenters. The van der Waals surface area contributed by atoms with E-state index in [2.05, 4.69) is 21.9 Å². The summed E-state index contributed by atoms with van der Waals surface area (Å²) in [6, 6.07) is 1.08. The Hall–Kier alpha value is -1.04. The second kappa shape index (κ2) is 6.41. The maximum absolute atomic E-state index is 13.7. The molecule has 1 heterocycles. The number of anilines is 2. The number of pyridine rings is 1. The second-order valence-corrected chi connectivity index (χ2v) is 5.90. The van der Waals surface area contributed by atoms with Crippen molar-refractivity contribution in [2.45, 2.75) is 37.0 Å². The van der Waals surface area contributed by atoms with Crippen molar-refractivity contribution in [1.82, 2.24) is 4.98 Å². The molecule has 1 aromatic rings. The minimum Gasteiger partial charge on any atom is -0.371 e. The molecule has 6 heteroatoms. The van der Waals surface area contributed by atoms with E-state index in [0.29, 0.717) is 5.25 Å². The fourth-order valence-corrected chi connectivity index (χ4v) is 3.25. The average molecular weight is 287 g/mol. The highest BCUT2D eigenvalue weighted by Crippen LogP contribution is 2.29. The lowest BCUT2D eigenvalue weighted by molar-refractivity contribution is 0.469. The van der Waals surface area contributed by atoms with Crippen LogP contribution < -0.4 is 10.6 Å². The van der Waals surface area contributed by atoms with Crippen molar-refractivity contribution in [1.29, 1.82) is 0 Å². The third-order valence-corrected chi connectivity index (χ3v) is 4.56. The van der Waals surface area contributed by atoms with Crippen molar-refractivity contribution in [2.75, 3.05) is 23.9 Å². The van der Waals surface area contributed by atoms with Crippen LogP contribution in [-0.2, 0) is 0 Å². The summed E-state index contributed by atoms with van der Waals surface area (Å²) in [7, 11) is 1.57. The first kappa shape index (κ1) is 14.4. The van der Waals surface area contributed by atoms with E-state index in [-0.39, 0.29) is 17.7 Å². The zero-order valence-electron chi connectivity index (χ0n) is 11.2. The lowest BCUT2D eigenvalue weighted by Crippen LogP contribution is -2.29. The van der Waals surface area contributed by atoms with Crippen LogP contribution in [-0.4, -0.2) is 29.6 Å². The standard InChI is InChI=1S/C13H19F2N3S/c1-16-12-10(14)7-11(15)13(18-12)17-8-4-3-5-9(6-8)19-2/h7-9H,3-6H2,1-2H3,(H2,16,17,18). The van der Waals surface area contributed by atoms with Crippen LogP contribution in [0.4, 0.5) is 20.4 Å². The zero-order valence-corrected chi connectivity index (χ0v) is 12.0. The van der Waals surface area contributed by atoms with E-state index in [4.69, 9.17) is 0 Å². The van der Waals surface area contributed by atoms with E-state index in [1.54, 1.807) is 7.05 Å². The summed E-state index contributed by atoms with van der Waals surface area (Å²) in [4.78, 5) is 3.96. The number of aromatic nitrogens is 1. The Bertz CT molecular complexity index is 442. The fraction of sp³-hybridized carbons (Fsp3) is 0.615. The van der Waals surface area contributed by atoms with Crippen molar-refractivity contribution < 1.29 is 8.78 Å². The van der Waals surface area contributed by atoms with Gasteiger partial charge in [-0.05, 0) is 25.5 Å². The molecule has 2 atom stereocenters. The Balaban J connectivity index is 2.10. The number of nitrogens with zero attached hydrogens (tertiary/aromatic N) is 1. The summed E-state index contributed by atoms with van der Waals surface area (Å²) >= 11 is 1.85. The highest BCUT2D eigenvalue weighted by atomic mass is 32.2. The third-order valence-electron chi connectivity index (χ3n) is 3.47. The summed E-state index contributed by atoms with van der Waals surface area (Å²) in [6.45, 7) is 0. The molecule has 0 aliphatic heterocycles. The van der Waals surface area contributed by atoms with Gasteiger partial charge in [-0.1, -0.05) is 6.42 Å². The molecule has 1 aromatic heterocycles. The molecule has 2 rings (SSSR count). The Morgan fingerprint density at radius 2 is 2.00 bits per heavy atom. The van der Waals surface area contributed by atoms with Gasteiger partial charge in [0.15, 0.2) is 23.3 Å². The van der Waals surface area contributed by atoms with Gasteiger partial charge >= 0.3 is 0 Å². The Kier molecular flexibility index (Phi) is 4.85. The molecule has 2 N–H and O–H groups in total. The smallest absolute Gasteiger partial charge is 0.168 e. The second-order valence-electron chi connectivity index (χ2n) is 4.76. The van der Waals surface area contributed by atoms with Crippen LogP contribution >= 0.6 is 11.8 Å². The highest BCUT2D eigenvalue weighted by Gasteiger charge is 2.23. The minimum atomic E-state index is -0.670. The first-order valence-corrected chi connectivity index (χ1v) is 7.76. The first-order valence-electron chi connectivity index (χ1n) is 6.47. The predicted octanol–water partition coefficient (Wildman–Crippen LogP) is 3.49. The molecule has 0 aromatic carbocycles. The van der Waals surface area contributed by atoms with E-state index in [0.717, 1.165) is 25.3 Å². The van der Waals surface area contributed by atoms with Crippen molar-refractivity contribution in [3.63, 3.8) is 0 Å². The maximum atomic E-state index is 13.7. The fourth-order valence-electron chi connectivity index (χ4n) is 2.43. The Morgan fingerprint density at radius 3 is 2.68 bits per heavy atom. The summed E-state index contributed by atoms with van der Waals surface area (Å²) < 4.78 is 27.0. The van der Waals surface area contributed by atoms with Crippen LogP contribution in [0, 0.1) is 11.6 Å². The Labute approximate surface area is 116 Å². The van der Waals surface area contributed by atoms with Gasteiger partial charge in [-0.25, -0.2) is 13.8 Å². The SMILES string of the molecule is CNc1nc(NC2CCCC(SC)C2)c(F)cc1F. The van der Waals surface area contributed by atoms with E-state index >= 15 is 0 Å². The quantitative estimate of drug-likeness (QED) is 0.889. The molecule has 1 saturated carbocycles. The van der Waals surface area contributed by atoms with Gasteiger partial charge in [0.05, 0.1) is 0 Å². The molecule has 0 radical (unpaired) electrons. The van der Waals surface area contributed by atoms with E-state index in [1.165, 1.54) is 6.42 Å². The van der Waals surface area contributed by atoms with Gasteiger partial charge in [0.25, 0.3) is 0 Å². The maximum Gasteiger partial charge on any atom is 0.168 e. The summed E-state index contributed by atoms with van der Waals surface area (Å²) in [6.07, 6.45) is 6.44. The number of thioether (sulfide) groups is 1. The van der Waals surface area contributed by atoms with Crippen LogP contribution in [0.5, 0.6) is 0 Å². The molecule has 3 nitrogen and oxygen atoms in total. The molecular formula is C13H19F2N3S. The van der Waals surface area contributed by atoms with Crippen molar-refractivity contribution >= 4 is 23.4 Å². The molecule has 1 aliphatic carbocycles. The van der Waals surface area contributed by atoms with E-state index < -0.39 is 11.6 Å². The van der Waals surface area contributed by atoms with Crippen LogP contribution in [0.25, 0.3) is 0 Å². The average Bonchev–Trinajstić information content (AvgIpc) is 2.42. The molecule has 19 heavy (non-hydrogen) atoms. The number of rotatable bonds is 4. The lowest BCUT2D eigenvalue weighted by atomic mass is 9.95. The van der Waals surface area contributed by atoms with E-state index in [1.807, 2.05) is 11.8 Å². The predicted molar refractivity (Wildman–Crippen MR) is 76.9 cm³/mol. The van der Waals surface area contributed by atoms with Crippen LogP contribution in [0.3, 0.4) is 0 Å². The number of hydrogen-bond acceptors (Lipinski definition) is 4. The normalized spacial score (nSPS) is 23.2. The molecule has 0 bridgehead atoms. The Morgan fingerprint density at radius 1 is 1.26 bits per heavy atom. The summed E-state index contributed by atoms with van der Waals surface area (Å²) in [5.74, 6) is -1.10. The monoisotopic (exact) mass is 287 g/mol. The van der Waals surface area contributed by atoms with Gasteiger partial charge in [-0.3, -0.25) is 0 Å². The van der Waals surface area contributed by atoms with Crippen LogP contribution in [0.2, 0.25) is 0 Å². The van der Waals surface area contributed by atoms with Gasteiger partial charge < -0.3 is 10.6 Å². The number of nitrogens with one attached hydrogen (secondary N) is 2. The van der Waals surface area contributed by atoms with Crippen LogP contribution in [0.15, 0.2) is 6.07 Å². The number of halogens is 2. The van der Waals surface area contributed by atoms with Crippen LogP contribution in [0.1, 0.15) is 25.7 Å². The largest absolute Gasteiger partial charge is 0.371 e. The zero-order chi connectivity index (χ0) is 13.8. The van der Waals surface area contributed by atoms with Gasteiger partial charge in [-0.15, -0.1) is 0 Å². The molecular weight excluding hydrogens is 268 g/mol. The number of hydrogen-bond donors (Lipinski definition) is 2. The molecule has 1 aliphatic rings. The van der Waals surface area contributed by atoms with Gasteiger partial charge in [0.1, 0.15) is 0 Å². The van der Waals surface area contributed by atoms with E-state index in [9.17, 15) is 8.78 Å². The molecule has 0 saturated heterocycles. The summed E-state index contributed by atoms with van der Waals surface area (Å²) in [5.41, 5.74) is 0. The minimum absolute atomic E-state index is 0.0705. The van der Waals surface area contributed by atoms with Crippen molar-refractivity contribution in [3.8, 4) is 0 Å². The first-order chi connectivity index (χ1) is 9.13. The molecule has 0 amide bonds. The van der Waals surface area contributed by atoms with Gasteiger partial charge in [-0.2, -0.15) is 11.8 Å². The molecule has 1 fully saturated rings. The lowest BCUT2D eigenvalue weighted by Gasteiger charge is -2.29. The third kappa shape index (κ3) is 3.49. The molecule has 0 spiro atoms. The molecule has 106 valence electrons.